The number of fused-ring (bicyclic) bond motifs is 1. The third-order valence-corrected chi connectivity index (χ3v) is 4.73. The average molecular weight is 283 g/mol. The van der Waals surface area contributed by atoms with E-state index in [0.29, 0.717) is 12.6 Å². The van der Waals surface area contributed by atoms with Crippen LogP contribution in [0.3, 0.4) is 0 Å². The molecule has 1 amide bonds. The minimum Gasteiger partial charge on any atom is -0.349 e. The van der Waals surface area contributed by atoms with Crippen molar-refractivity contribution in [2.45, 2.75) is 51.1 Å². The summed E-state index contributed by atoms with van der Waals surface area (Å²) in [6, 6.07) is 8.84. The van der Waals surface area contributed by atoms with Crippen molar-refractivity contribution in [2.24, 2.45) is 5.92 Å². The number of rotatable bonds is 4. The first kappa shape index (κ1) is 12.9. The summed E-state index contributed by atoms with van der Waals surface area (Å²) in [4.78, 5) is 16.9. The van der Waals surface area contributed by atoms with Crippen molar-refractivity contribution in [2.75, 3.05) is 0 Å². The van der Waals surface area contributed by atoms with Gasteiger partial charge in [0, 0.05) is 12.0 Å². The number of para-hydroxylation sites is 2. The molecule has 2 fully saturated rings. The molecule has 110 valence electrons. The van der Waals surface area contributed by atoms with Gasteiger partial charge in [-0.1, -0.05) is 25.0 Å². The van der Waals surface area contributed by atoms with Crippen molar-refractivity contribution in [1.29, 1.82) is 0 Å². The third-order valence-electron chi connectivity index (χ3n) is 4.73. The van der Waals surface area contributed by atoms with E-state index in [0.717, 1.165) is 24.2 Å². The molecule has 0 aliphatic heterocycles. The molecule has 4 heteroatoms. The molecule has 1 aromatic heterocycles. The van der Waals surface area contributed by atoms with Gasteiger partial charge in [0.15, 0.2) is 0 Å². The van der Waals surface area contributed by atoms with E-state index in [-0.39, 0.29) is 11.8 Å². The maximum Gasteiger partial charge on any atom is 0.223 e. The van der Waals surface area contributed by atoms with E-state index < -0.39 is 0 Å². The third kappa shape index (κ3) is 2.43. The molecule has 0 unspecified atom stereocenters. The molecule has 1 N–H and O–H groups in total. The summed E-state index contributed by atoms with van der Waals surface area (Å²) in [5, 5.41) is 3.10. The Morgan fingerprint density at radius 3 is 2.71 bits per heavy atom. The number of hydrogen-bond donors (Lipinski definition) is 1. The number of aromatic nitrogens is 2. The van der Waals surface area contributed by atoms with Crippen LogP contribution in [0.1, 0.15) is 50.4 Å². The Morgan fingerprint density at radius 1 is 1.19 bits per heavy atom. The Labute approximate surface area is 124 Å². The first-order chi connectivity index (χ1) is 10.3. The second kappa shape index (κ2) is 5.17. The van der Waals surface area contributed by atoms with Crippen LogP contribution in [0.15, 0.2) is 24.3 Å². The summed E-state index contributed by atoms with van der Waals surface area (Å²) in [6.07, 6.45) is 6.93. The molecule has 0 saturated heterocycles. The Hall–Kier alpha value is -1.84. The molecule has 1 aromatic carbocycles. The zero-order valence-corrected chi connectivity index (χ0v) is 12.2. The van der Waals surface area contributed by atoms with Crippen molar-refractivity contribution in [3.05, 3.63) is 30.1 Å². The van der Waals surface area contributed by atoms with Gasteiger partial charge in [0.05, 0.1) is 17.6 Å². The zero-order valence-electron chi connectivity index (χ0n) is 12.2. The van der Waals surface area contributed by atoms with Crippen LogP contribution >= 0.6 is 0 Å². The van der Waals surface area contributed by atoms with Gasteiger partial charge in [0.25, 0.3) is 0 Å². The number of hydrogen-bond acceptors (Lipinski definition) is 2. The van der Waals surface area contributed by atoms with Gasteiger partial charge in [-0.25, -0.2) is 4.98 Å². The maximum atomic E-state index is 12.2. The van der Waals surface area contributed by atoms with Crippen molar-refractivity contribution in [3.8, 4) is 0 Å². The average Bonchev–Trinajstić information content (AvgIpc) is 3.05. The fourth-order valence-corrected chi connectivity index (χ4v) is 3.46. The van der Waals surface area contributed by atoms with E-state index in [1.54, 1.807) is 0 Å². The SMILES string of the molecule is O=C(NCc1nc2ccccc2n1C1CC1)C1CCCC1. The Morgan fingerprint density at radius 2 is 1.95 bits per heavy atom. The first-order valence-electron chi connectivity index (χ1n) is 8.06. The van der Waals surface area contributed by atoms with Crippen LogP contribution in [-0.4, -0.2) is 15.5 Å². The van der Waals surface area contributed by atoms with Crippen LogP contribution in [0, 0.1) is 5.92 Å². The highest BCUT2D eigenvalue weighted by Crippen LogP contribution is 2.38. The molecule has 2 aromatic rings. The molecule has 4 nitrogen and oxygen atoms in total. The molecular weight excluding hydrogens is 262 g/mol. The molecule has 0 spiro atoms. The number of nitrogens with one attached hydrogen (secondary N) is 1. The van der Waals surface area contributed by atoms with Crippen molar-refractivity contribution in [1.82, 2.24) is 14.9 Å². The van der Waals surface area contributed by atoms with Crippen LogP contribution in [0.25, 0.3) is 11.0 Å². The van der Waals surface area contributed by atoms with E-state index in [1.165, 1.54) is 31.2 Å². The lowest BCUT2D eigenvalue weighted by Crippen LogP contribution is -2.29. The molecule has 4 rings (SSSR count). The van der Waals surface area contributed by atoms with E-state index >= 15 is 0 Å². The van der Waals surface area contributed by atoms with E-state index in [4.69, 9.17) is 4.98 Å². The molecule has 2 aliphatic carbocycles. The predicted molar refractivity (Wildman–Crippen MR) is 81.8 cm³/mol. The molecule has 2 aliphatic rings. The molecule has 2 saturated carbocycles. The monoisotopic (exact) mass is 283 g/mol. The summed E-state index contributed by atoms with van der Waals surface area (Å²) < 4.78 is 2.32. The van der Waals surface area contributed by atoms with Crippen LogP contribution in [-0.2, 0) is 11.3 Å². The van der Waals surface area contributed by atoms with Crippen LogP contribution < -0.4 is 5.32 Å². The molecule has 0 radical (unpaired) electrons. The topological polar surface area (TPSA) is 46.9 Å². The number of benzene rings is 1. The summed E-state index contributed by atoms with van der Waals surface area (Å²) in [5.74, 6) is 1.44. The second-order valence-corrected chi connectivity index (χ2v) is 6.32. The quantitative estimate of drug-likeness (QED) is 0.936. The maximum absolute atomic E-state index is 12.2. The fourth-order valence-electron chi connectivity index (χ4n) is 3.46. The van der Waals surface area contributed by atoms with E-state index in [9.17, 15) is 4.79 Å². The standard InChI is InChI=1S/C17H21N3O/c21-17(12-5-1-2-6-12)18-11-16-19-14-7-3-4-8-15(14)20(16)13-9-10-13/h3-4,7-8,12-13H,1-2,5-6,9-11H2,(H,18,21). The lowest BCUT2D eigenvalue weighted by molar-refractivity contribution is -0.125. The first-order valence-corrected chi connectivity index (χ1v) is 8.06. The van der Waals surface area contributed by atoms with Crippen LogP contribution in [0.4, 0.5) is 0 Å². The fraction of sp³-hybridized carbons (Fsp3) is 0.529. The lowest BCUT2D eigenvalue weighted by Gasteiger charge is -2.11. The molecule has 0 bridgehead atoms. The zero-order chi connectivity index (χ0) is 14.2. The smallest absolute Gasteiger partial charge is 0.223 e. The van der Waals surface area contributed by atoms with E-state index in [1.807, 2.05) is 6.07 Å². The molecule has 0 atom stereocenters. The lowest BCUT2D eigenvalue weighted by atomic mass is 10.1. The van der Waals surface area contributed by atoms with Crippen molar-refractivity contribution in [3.63, 3.8) is 0 Å². The number of carbonyl (C=O) groups is 1. The van der Waals surface area contributed by atoms with Gasteiger partial charge in [0.2, 0.25) is 5.91 Å². The summed E-state index contributed by atoms with van der Waals surface area (Å²) in [6.45, 7) is 0.556. The van der Waals surface area contributed by atoms with Crippen LogP contribution in [0.5, 0.6) is 0 Å². The van der Waals surface area contributed by atoms with Gasteiger partial charge in [-0.3, -0.25) is 4.79 Å². The largest absolute Gasteiger partial charge is 0.349 e. The van der Waals surface area contributed by atoms with Gasteiger partial charge < -0.3 is 9.88 Å². The number of carbonyl (C=O) groups excluding carboxylic acids is 1. The molecular formula is C17H21N3O. The summed E-state index contributed by atoms with van der Waals surface area (Å²) in [7, 11) is 0. The normalized spacial score (nSPS) is 19.2. The van der Waals surface area contributed by atoms with E-state index in [2.05, 4.69) is 28.1 Å². The summed E-state index contributed by atoms with van der Waals surface area (Å²) in [5.41, 5.74) is 2.24. The highest BCUT2D eigenvalue weighted by Gasteiger charge is 2.28. The van der Waals surface area contributed by atoms with Gasteiger partial charge in [0.1, 0.15) is 5.82 Å². The van der Waals surface area contributed by atoms with Crippen molar-refractivity contribution < 1.29 is 4.79 Å². The second-order valence-electron chi connectivity index (χ2n) is 6.32. The highest BCUT2D eigenvalue weighted by atomic mass is 16.1. The summed E-state index contributed by atoms with van der Waals surface area (Å²) >= 11 is 0. The van der Waals surface area contributed by atoms with Crippen LogP contribution in [0.2, 0.25) is 0 Å². The Balaban J connectivity index is 1.55. The van der Waals surface area contributed by atoms with Gasteiger partial charge in [-0.15, -0.1) is 0 Å². The van der Waals surface area contributed by atoms with Gasteiger partial charge >= 0.3 is 0 Å². The Kier molecular flexibility index (Phi) is 3.17. The van der Waals surface area contributed by atoms with Gasteiger partial charge in [-0.05, 0) is 37.8 Å². The Bertz CT molecular complexity index is 666. The minimum absolute atomic E-state index is 0.210. The molecule has 21 heavy (non-hydrogen) atoms. The highest BCUT2D eigenvalue weighted by molar-refractivity contribution is 5.79. The number of imidazole rings is 1. The number of nitrogens with zero attached hydrogens (tertiary/aromatic N) is 2. The van der Waals surface area contributed by atoms with Gasteiger partial charge in [-0.2, -0.15) is 0 Å². The molecule has 1 heterocycles. The minimum atomic E-state index is 0.210. The number of amides is 1. The predicted octanol–water partition coefficient (Wildman–Crippen LogP) is 3.18. The van der Waals surface area contributed by atoms with Crippen molar-refractivity contribution >= 4 is 16.9 Å².